The van der Waals surface area contributed by atoms with Crippen molar-refractivity contribution in [2.75, 3.05) is 0 Å². The lowest BCUT2D eigenvalue weighted by Gasteiger charge is -2.14. The van der Waals surface area contributed by atoms with E-state index >= 15 is 0 Å². The van der Waals surface area contributed by atoms with Gasteiger partial charge in [-0.1, -0.05) is 28.1 Å². The number of halogens is 2. The van der Waals surface area contributed by atoms with Crippen LogP contribution >= 0.6 is 15.9 Å². The third-order valence-electron chi connectivity index (χ3n) is 2.66. The Balaban J connectivity index is 2.08. The lowest BCUT2D eigenvalue weighted by atomic mass is 10.1. The van der Waals surface area contributed by atoms with Crippen molar-refractivity contribution in [3.05, 3.63) is 64.1 Å². The smallest absolute Gasteiger partial charge is 0.270 e. The summed E-state index contributed by atoms with van der Waals surface area (Å²) < 4.78 is 13.7. The summed E-state index contributed by atoms with van der Waals surface area (Å²) in [5.74, 6) is -0.788. The number of carbonyl (C=O) groups is 1. The van der Waals surface area contributed by atoms with E-state index in [0.29, 0.717) is 0 Å². The van der Waals surface area contributed by atoms with E-state index in [9.17, 15) is 9.18 Å². The summed E-state index contributed by atoms with van der Waals surface area (Å²) in [6, 6.07) is 10.1. The van der Waals surface area contributed by atoms with Gasteiger partial charge in [0.2, 0.25) is 0 Å². The number of amides is 1. The summed E-state index contributed by atoms with van der Waals surface area (Å²) in [7, 11) is 0. The number of benzene rings is 1. The van der Waals surface area contributed by atoms with Crippen LogP contribution in [0.2, 0.25) is 0 Å². The maximum absolute atomic E-state index is 12.7. The summed E-state index contributed by atoms with van der Waals surface area (Å²) in [5, 5.41) is 2.81. The van der Waals surface area contributed by atoms with Gasteiger partial charge in [0, 0.05) is 4.47 Å². The SMILES string of the molecule is CC(NC(=O)c1ccc(F)cn1)c1cccc(Br)c1. The van der Waals surface area contributed by atoms with E-state index in [2.05, 4.69) is 26.2 Å². The zero-order chi connectivity index (χ0) is 13.8. The molecule has 2 aromatic rings. The molecule has 0 saturated carbocycles. The highest BCUT2D eigenvalue weighted by Crippen LogP contribution is 2.18. The average Bonchev–Trinajstić information content (AvgIpc) is 2.39. The number of rotatable bonds is 3. The maximum atomic E-state index is 12.7. The van der Waals surface area contributed by atoms with Crippen LogP contribution in [0.5, 0.6) is 0 Å². The van der Waals surface area contributed by atoms with Gasteiger partial charge in [0.1, 0.15) is 11.5 Å². The van der Waals surface area contributed by atoms with E-state index in [1.165, 1.54) is 12.1 Å². The summed E-state index contributed by atoms with van der Waals surface area (Å²) in [4.78, 5) is 15.7. The Kier molecular flexibility index (Phi) is 4.27. The fourth-order valence-electron chi connectivity index (χ4n) is 1.64. The molecule has 5 heteroatoms. The first-order chi connectivity index (χ1) is 9.06. The van der Waals surface area contributed by atoms with Gasteiger partial charge in [0.25, 0.3) is 5.91 Å². The van der Waals surface area contributed by atoms with Crippen LogP contribution in [0, 0.1) is 5.82 Å². The second-order valence-corrected chi connectivity index (χ2v) is 5.03. The van der Waals surface area contributed by atoms with Crippen LogP contribution < -0.4 is 5.32 Å². The van der Waals surface area contributed by atoms with Crippen LogP contribution in [0.1, 0.15) is 29.0 Å². The van der Waals surface area contributed by atoms with E-state index in [-0.39, 0.29) is 17.6 Å². The topological polar surface area (TPSA) is 42.0 Å². The van der Waals surface area contributed by atoms with Gasteiger partial charge in [-0.2, -0.15) is 0 Å². The highest BCUT2D eigenvalue weighted by molar-refractivity contribution is 9.10. The van der Waals surface area contributed by atoms with Gasteiger partial charge in [-0.25, -0.2) is 9.37 Å². The largest absolute Gasteiger partial charge is 0.344 e. The van der Waals surface area contributed by atoms with Gasteiger partial charge in [-0.3, -0.25) is 4.79 Å². The number of nitrogens with zero attached hydrogens (tertiary/aromatic N) is 1. The molecule has 3 nitrogen and oxygen atoms in total. The molecule has 0 fully saturated rings. The van der Waals surface area contributed by atoms with E-state index in [4.69, 9.17) is 0 Å². The van der Waals surface area contributed by atoms with Crippen molar-refractivity contribution in [2.24, 2.45) is 0 Å². The van der Waals surface area contributed by atoms with Crippen molar-refractivity contribution < 1.29 is 9.18 Å². The molecule has 1 N–H and O–H groups in total. The minimum Gasteiger partial charge on any atom is -0.344 e. The molecule has 1 aromatic heterocycles. The lowest BCUT2D eigenvalue weighted by molar-refractivity contribution is 0.0934. The van der Waals surface area contributed by atoms with Crippen LogP contribution in [-0.4, -0.2) is 10.9 Å². The highest BCUT2D eigenvalue weighted by Gasteiger charge is 2.12. The van der Waals surface area contributed by atoms with Crippen molar-refractivity contribution in [1.82, 2.24) is 10.3 Å². The Hall–Kier alpha value is -1.75. The molecule has 2 rings (SSSR count). The first kappa shape index (κ1) is 13.7. The lowest BCUT2D eigenvalue weighted by Crippen LogP contribution is -2.27. The first-order valence-corrected chi connectivity index (χ1v) is 6.53. The molecule has 1 amide bonds. The Morgan fingerprint density at radius 3 is 2.79 bits per heavy atom. The monoisotopic (exact) mass is 322 g/mol. The predicted molar refractivity (Wildman–Crippen MR) is 74.2 cm³/mol. The highest BCUT2D eigenvalue weighted by atomic mass is 79.9. The first-order valence-electron chi connectivity index (χ1n) is 5.74. The Morgan fingerprint density at radius 1 is 1.37 bits per heavy atom. The second kappa shape index (κ2) is 5.93. The Bertz CT molecular complexity index is 586. The number of hydrogen-bond acceptors (Lipinski definition) is 2. The Labute approximate surface area is 119 Å². The van der Waals surface area contributed by atoms with Crippen molar-refractivity contribution in [3.8, 4) is 0 Å². The minimum absolute atomic E-state index is 0.156. The van der Waals surface area contributed by atoms with Crippen LogP contribution in [0.15, 0.2) is 47.1 Å². The molecule has 0 aliphatic heterocycles. The number of aromatic nitrogens is 1. The second-order valence-electron chi connectivity index (χ2n) is 4.11. The third-order valence-corrected chi connectivity index (χ3v) is 3.15. The fourth-order valence-corrected chi connectivity index (χ4v) is 2.06. The maximum Gasteiger partial charge on any atom is 0.270 e. The molecule has 1 atom stereocenters. The molecule has 0 saturated heterocycles. The van der Waals surface area contributed by atoms with Crippen molar-refractivity contribution in [2.45, 2.75) is 13.0 Å². The van der Waals surface area contributed by atoms with Crippen molar-refractivity contribution in [1.29, 1.82) is 0 Å². The van der Waals surface area contributed by atoms with Crippen LogP contribution in [0.4, 0.5) is 4.39 Å². The standard InChI is InChI=1S/C14H12BrFN2O/c1-9(10-3-2-4-11(15)7-10)18-14(19)13-6-5-12(16)8-17-13/h2-9H,1H3,(H,18,19). The zero-order valence-electron chi connectivity index (χ0n) is 10.2. The molecule has 98 valence electrons. The van der Waals surface area contributed by atoms with Gasteiger partial charge in [-0.15, -0.1) is 0 Å². The molecule has 0 aliphatic carbocycles. The van der Waals surface area contributed by atoms with Gasteiger partial charge < -0.3 is 5.32 Å². The van der Waals surface area contributed by atoms with Crippen LogP contribution in [0.25, 0.3) is 0 Å². The van der Waals surface area contributed by atoms with E-state index in [1.807, 2.05) is 31.2 Å². The third kappa shape index (κ3) is 3.61. The number of nitrogens with one attached hydrogen (secondary N) is 1. The summed E-state index contributed by atoms with van der Waals surface area (Å²) >= 11 is 3.38. The molecule has 0 aliphatic rings. The minimum atomic E-state index is -0.461. The molecule has 0 radical (unpaired) electrons. The molecule has 0 spiro atoms. The predicted octanol–water partition coefficient (Wildman–Crippen LogP) is 3.47. The van der Waals surface area contributed by atoms with Gasteiger partial charge in [0.15, 0.2) is 0 Å². The van der Waals surface area contributed by atoms with E-state index < -0.39 is 5.82 Å². The summed E-state index contributed by atoms with van der Waals surface area (Å²) in [6.45, 7) is 1.88. The van der Waals surface area contributed by atoms with Gasteiger partial charge in [0.05, 0.1) is 12.2 Å². The van der Waals surface area contributed by atoms with Crippen molar-refractivity contribution >= 4 is 21.8 Å². The molecule has 0 bridgehead atoms. The van der Waals surface area contributed by atoms with E-state index in [0.717, 1.165) is 16.2 Å². The normalized spacial score (nSPS) is 11.9. The van der Waals surface area contributed by atoms with Crippen LogP contribution in [0.3, 0.4) is 0 Å². The molecule has 1 aromatic carbocycles. The quantitative estimate of drug-likeness (QED) is 0.940. The van der Waals surface area contributed by atoms with Gasteiger partial charge >= 0.3 is 0 Å². The molecule has 1 unspecified atom stereocenters. The molecular formula is C14H12BrFN2O. The van der Waals surface area contributed by atoms with Gasteiger partial charge in [-0.05, 0) is 36.8 Å². The average molecular weight is 323 g/mol. The zero-order valence-corrected chi connectivity index (χ0v) is 11.8. The number of hydrogen-bond donors (Lipinski definition) is 1. The van der Waals surface area contributed by atoms with E-state index in [1.54, 1.807) is 0 Å². The Morgan fingerprint density at radius 2 is 2.16 bits per heavy atom. The molecule has 1 heterocycles. The molecular weight excluding hydrogens is 311 g/mol. The fraction of sp³-hybridized carbons (Fsp3) is 0.143. The van der Waals surface area contributed by atoms with Crippen molar-refractivity contribution in [3.63, 3.8) is 0 Å². The summed E-state index contributed by atoms with van der Waals surface area (Å²) in [6.07, 6.45) is 1.03. The summed E-state index contributed by atoms with van der Waals surface area (Å²) in [5.41, 5.74) is 1.17. The molecule has 19 heavy (non-hydrogen) atoms. The van der Waals surface area contributed by atoms with Crippen LogP contribution in [-0.2, 0) is 0 Å². The number of pyridine rings is 1. The number of carbonyl (C=O) groups excluding carboxylic acids is 1.